The number of nitrogens with zero attached hydrogens (tertiary/aromatic N) is 3. The summed E-state index contributed by atoms with van der Waals surface area (Å²) in [5, 5.41) is 10.9. The zero-order chi connectivity index (χ0) is 15.9. The lowest BCUT2D eigenvalue weighted by Gasteiger charge is -2.28. The Hall–Kier alpha value is -1.92. The Morgan fingerprint density at radius 3 is 2.48 bits per heavy atom. The summed E-state index contributed by atoms with van der Waals surface area (Å²) in [6.07, 6.45) is 9.03. The van der Waals surface area contributed by atoms with Crippen molar-refractivity contribution in [1.82, 2.24) is 20.4 Å². The minimum absolute atomic E-state index is 0.0755. The Morgan fingerprint density at radius 2 is 1.78 bits per heavy atom. The lowest BCUT2D eigenvalue weighted by Crippen LogP contribution is -2.47. The second-order valence-corrected chi connectivity index (χ2v) is 6.98. The average Bonchev–Trinajstić information content (AvgIpc) is 3.21. The van der Waals surface area contributed by atoms with Crippen molar-refractivity contribution in [2.75, 3.05) is 0 Å². The van der Waals surface area contributed by atoms with Crippen molar-refractivity contribution in [2.24, 2.45) is 0 Å². The molecule has 3 aliphatic rings. The smallest absolute Gasteiger partial charge is 0.325 e. The zero-order valence-corrected chi connectivity index (χ0v) is 13.2. The molecule has 1 spiro atoms. The van der Waals surface area contributed by atoms with Crippen LogP contribution in [0.4, 0.5) is 4.79 Å². The van der Waals surface area contributed by atoms with Crippen molar-refractivity contribution in [3.05, 3.63) is 11.8 Å². The normalized spacial score (nSPS) is 24.6. The van der Waals surface area contributed by atoms with Crippen molar-refractivity contribution in [2.45, 2.75) is 75.8 Å². The number of hydrogen-bond donors (Lipinski definition) is 1. The Labute approximate surface area is 134 Å². The summed E-state index contributed by atoms with van der Waals surface area (Å²) in [6.45, 7) is 0.0755. The molecule has 7 nitrogen and oxygen atoms in total. The number of carbonyl (C=O) groups excluding carboxylic acids is 2. The summed E-state index contributed by atoms with van der Waals surface area (Å²) < 4.78 is 5.59. The van der Waals surface area contributed by atoms with Gasteiger partial charge in [-0.1, -0.05) is 32.1 Å². The van der Waals surface area contributed by atoms with Crippen LogP contribution in [0.15, 0.2) is 4.42 Å². The van der Waals surface area contributed by atoms with Gasteiger partial charge in [0.15, 0.2) is 0 Å². The van der Waals surface area contributed by atoms with Crippen LogP contribution in [0, 0.1) is 0 Å². The number of hydrogen-bond acceptors (Lipinski definition) is 5. The first-order valence-electron chi connectivity index (χ1n) is 8.64. The number of nitrogens with one attached hydrogen (secondary N) is 1. The van der Waals surface area contributed by atoms with Gasteiger partial charge in [-0.05, 0) is 25.7 Å². The highest BCUT2D eigenvalue weighted by Crippen LogP contribution is 2.39. The maximum absolute atomic E-state index is 12.9. The molecule has 1 aliphatic heterocycles. The molecule has 0 bridgehead atoms. The monoisotopic (exact) mass is 318 g/mol. The largest absolute Gasteiger partial charge is 0.423 e. The van der Waals surface area contributed by atoms with E-state index in [1.807, 2.05) is 0 Å². The molecule has 4 rings (SSSR count). The second kappa shape index (κ2) is 5.62. The number of amides is 3. The molecular weight excluding hydrogens is 296 g/mol. The van der Waals surface area contributed by atoms with Crippen LogP contribution in [-0.4, -0.2) is 32.6 Å². The van der Waals surface area contributed by atoms with Gasteiger partial charge in [-0.15, -0.1) is 10.2 Å². The average molecular weight is 318 g/mol. The molecule has 124 valence electrons. The predicted octanol–water partition coefficient (Wildman–Crippen LogP) is 2.48. The summed E-state index contributed by atoms with van der Waals surface area (Å²) in [4.78, 5) is 26.4. The molecule has 1 aromatic rings. The molecular formula is C16H22N4O3. The van der Waals surface area contributed by atoms with Crippen LogP contribution in [0.1, 0.15) is 75.5 Å². The fourth-order valence-electron chi connectivity index (χ4n) is 3.63. The Morgan fingerprint density at radius 1 is 1.09 bits per heavy atom. The molecule has 0 unspecified atom stereocenters. The molecule has 2 heterocycles. The third-order valence-electron chi connectivity index (χ3n) is 5.16. The predicted molar refractivity (Wildman–Crippen MR) is 80.4 cm³/mol. The maximum Gasteiger partial charge on any atom is 0.325 e. The standard InChI is InChI=1S/C16H22N4O3/c21-14-16(8-4-2-1-3-5-9-16)17-15(22)20(14)10-12-18-19-13(23-12)11-6-7-11/h11H,1-10H2,(H,17,22). The molecule has 0 atom stereocenters. The number of aromatic nitrogens is 2. The highest BCUT2D eigenvalue weighted by molar-refractivity contribution is 6.06. The molecule has 23 heavy (non-hydrogen) atoms. The third-order valence-corrected chi connectivity index (χ3v) is 5.16. The van der Waals surface area contributed by atoms with Crippen molar-refractivity contribution in [1.29, 1.82) is 0 Å². The van der Waals surface area contributed by atoms with Gasteiger partial charge in [0.05, 0.1) is 0 Å². The van der Waals surface area contributed by atoms with E-state index in [0.717, 1.165) is 51.4 Å². The lowest BCUT2D eigenvalue weighted by molar-refractivity contribution is -0.132. The molecule has 7 heteroatoms. The van der Waals surface area contributed by atoms with Crippen molar-refractivity contribution in [3.63, 3.8) is 0 Å². The van der Waals surface area contributed by atoms with E-state index in [4.69, 9.17) is 4.42 Å². The molecule has 1 saturated heterocycles. The first-order valence-corrected chi connectivity index (χ1v) is 8.64. The summed E-state index contributed by atoms with van der Waals surface area (Å²) in [5.41, 5.74) is -0.711. The highest BCUT2D eigenvalue weighted by atomic mass is 16.4. The van der Waals surface area contributed by atoms with Crippen LogP contribution in [-0.2, 0) is 11.3 Å². The number of imide groups is 1. The second-order valence-electron chi connectivity index (χ2n) is 6.98. The molecule has 0 radical (unpaired) electrons. The Kier molecular flexibility index (Phi) is 3.58. The van der Waals surface area contributed by atoms with Crippen LogP contribution in [0.2, 0.25) is 0 Å². The van der Waals surface area contributed by atoms with E-state index in [1.54, 1.807) is 0 Å². The Balaban J connectivity index is 1.49. The SMILES string of the molecule is O=C1NC2(CCCCCCC2)C(=O)N1Cc1nnc(C2CC2)o1. The van der Waals surface area contributed by atoms with Gasteiger partial charge >= 0.3 is 6.03 Å². The number of rotatable bonds is 3. The van der Waals surface area contributed by atoms with Crippen LogP contribution in [0.25, 0.3) is 0 Å². The maximum atomic E-state index is 12.9. The van der Waals surface area contributed by atoms with Gasteiger partial charge in [-0.2, -0.15) is 0 Å². The zero-order valence-electron chi connectivity index (χ0n) is 13.2. The van der Waals surface area contributed by atoms with Gasteiger partial charge in [0.2, 0.25) is 11.8 Å². The molecule has 2 saturated carbocycles. The molecule has 3 amide bonds. The fraction of sp³-hybridized carbons (Fsp3) is 0.750. The summed E-state index contributed by atoms with van der Waals surface area (Å²) in [7, 11) is 0. The first kappa shape index (κ1) is 14.7. The van der Waals surface area contributed by atoms with Crippen LogP contribution in [0.5, 0.6) is 0 Å². The molecule has 1 aromatic heterocycles. The van der Waals surface area contributed by atoms with E-state index >= 15 is 0 Å². The molecule has 2 aliphatic carbocycles. The summed E-state index contributed by atoms with van der Waals surface area (Å²) in [6, 6.07) is -0.332. The molecule has 3 fully saturated rings. The minimum atomic E-state index is -0.711. The van der Waals surface area contributed by atoms with Crippen molar-refractivity contribution < 1.29 is 14.0 Å². The van der Waals surface area contributed by atoms with Gasteiger partial charge in [0.25, 0.3) is 5.91 Å². The molecule has 0 aromatic carbocycles. The quantitative estimate of drug-likeness (QED) is 0.865. The van der Waals surface area contributed by atoms with Gasteiger partial charge in [0.1, 0.15) is 12.1 Å². The number of urea groups is 1. The Bertz CT molecular complexity index is 615. The van der Waals surface area contributed by atoms with E-state index in [2.05, 4.69) is 15.5 Å². The van der Waals surface area contributed by atoms with Crippen LogP contribution < -0.4 is 5.32 Å². The van der Waals surface area contributed by atoms with E-state index in [1.165, 1.54) is 11.3 Å². The first-order chi connectivity index (χ1) is 11.2. The topological polar surface area (TPSA) is 88.3 Å². The van der Waals surface area contributed by atoms with E-state index in [0.29, 0.717) is 17.7 Å². The number of carbonyl (C=O) groups is 2. The highest BCUT2D eigenvalue weighted by Gasteiger charge is 2.50. The third kappa shape index (κ3) is 2.72. The van der Waals surface area contributed by atoms with E-state index < -0.39 is 5.54 Å². The van der Waals surface area contributed by atoms with Crippen molar-refractivity contribution in [3.8, 4) is 0 Å². The van der Waals surface area contributed by atoms with Gasteiger partial charge in [-0.3, -0.25) is 9.69 Å². The minimum Gasteiger partial charge on any atom is -0.423 e. The molecule has 1 N–H and O–H groups in total. The van der Waals surface area contributed by atoms with E-state index in [9.17, 15) is 9.59 Å². The van der Waals surface area contributed by atoms with Gasteiger partial charge in [-0.25, -0.2) is 4.79 Å². The van der Waals surface area contributed by atoms with Crippen LogP contribution >= 0.6 is 0 Å². The van der Waals surface area contributed by atoms with Gasteiger partial charge in [0, 0.05) is 5.92 Å². The van der Waals surface area contributed by atoms with Crippen LogP contribution in [0.3, 0.4) is 0 Å². The van der Waals surface area contributed by atoms with E-state index in [-0.39, 0.29) is 18.5 Å². The summed E-state index contributed by atoms with van der Waals surface area (Å²) in [5.74, 6) is 1.22. The fourth-order valence-corrected chi connectivity index (χ4v) is 3.63. The van der Waals surface area contributed by atoms with Gasteiger partial charge < -0.3 is 9.73 Å². The summed E-state index contributed by atoms with van der Waals surface area (Å²) >= 11 is 0. The lowest BCUT2D eigenvalue weighted by atomic mass is 9.84. The van der Waals surface area contributed by atoms with Crippen molar-refractivity contribution >= 4 is 11.9 Å².